The number of nitrogens with one attached hydrogen (secondary N) is 1. The summed E-state index contributed by atoms with van der Waals surface area (Å²) in [5, 5.41) is 11.7. The summed E-state index contributed by atoms with van der Waals surface area (Å²) in [6, 6.07) is 6.17. The highest BCUT2D eigenvalue weighted by Crippen LogP contribution is 2.16. The first-order valence-electron chi connectivity index (χ1n) is 5.87. The van der Waals surface area contributed by atoms with Gasteiger partial charge in [-0.15, -0.1) is 0 Å². The van der Waals surface area contributed by atoms with Gasteiger partial charge in [0.2, 0.25) is 0 Å². The number of aliphatic carboxylic acids is 1. The maximum Gasteiger partial charge on any atom is 0.311 e. The standard InChI is InChI=1S/C13H15NO5/c1-18-9-4-2-3-8(5-9)12(15)14-11-7-19-6-10(11)13(16)17/h2-5,10-11H,6-7H2,1H3,(H,14,15)(H,16,17). The number of methoxy groups -OCH3 is 1. The predicted molar refractivity (Wildman–Crippen MR) is 66.2 cm³/mol. The van der Waals surface area contributed by atoms with Crippen LogP contribution >= 0.6 is 0 Å². The molecule has 0 saturated carbocycles. The van der Waals surface area contributed by atoms with E-state index in [0.717, 1.165) is 0 Å². The first kappa shape index (κ1) is 13.4. The number of carbonyl (C=O) groups is 2. The van der Waals surface area contributed by atoms with Crippen molar-refractivity contribution in [2.24, 2.45) is 5.92 Å². The molecule has 1 aliphatic rings. The Hall–Kier alpha value is -2.08. The second-order valence-corrected chi connectivity index (χ2v) is 4.29. The molecule has 2 unspecified atom stereocenters. The van der Waals surface area contributed by atoms with E-state index in [0.29, 0.717) is 11.3 Å². The molecule has 2 N–H and O–H groups in total. The molecule has 1 aromatic carbocycles. The minimum Gasteiger partial charge on any atom is -0.497 e. The first-order valence-corrected chi connectivity index (χ1v) is 5.87. The summed E-state index contributed by atoms with van der Waals surface area (Å²) >= 11 is 0. The average Bonchev–Trinajstić information content (AvgIpc) is 2.87. The molecular formula is C13H15NO5. The largest absolute Gasteiger partial charge is 0.497 e. The molecule has 1 aliphatic heterocycles. The number of amides is 1. The number of carbonyl (C=O) groups excluding carboxylic acids is 1. The molecule has 0 spiro atoms. The van der Waals surface area contributed by atoms with Crippen molar-refractivity contribution in [1.82, 2.24) is 5.32 Å². The van der Waals surface area contributed by atoms with Crippen molar-refractivity contribution < 1.29 is 24.2 Å². The van der Waals surface area contributed by atoms with Gasteiger partial charge in [-0.3, -0.25) is 9.59 Å². The Bertz CT molecular complexity index is 488. The van der Waals surface area contributed by atoms with E-state index in [4.69, 9.17) is 14.6 Å². The van der Waals surface area contributed by atoms with Crippen molar-refractivity contribution in [2.45, 2.75) is 6.04 Å². The van der Waals surface area contributed by atoms with Crippen LogP contribution in [0.25, 0.3) is 0 Å². The maximum atomic E-state index is 12.0. The highest BCUT2D eigenvalue weighted by atomic mass is 16.5. The zero-order valence-corrected chi connectivity index (χ0v) is 10.5. The molecular weight excluding hydrogens is 250 g/mol. The zero-order valence-electron chi connectivity index (χ0n) is 10.5. The molecule has 2 rings (SSSR count). The summed E-state index contributed by atoms with van der Waals surface area (Å²) in [6.45, 7) is 0.338. The van der Waals surface area contributed by atoms with E-state index in [2.05, 4.69) is 5.32 Å². The third kappa shape index (κ3) is 3.03. The second-order valence-electron chi connectivity index (χ2n) is 4.29. The molecule has 0 bridgehead atoms. The van der Waals surface area contributed by atoms with Crippen molar-refractivity contribution in [3.05, 3.63) is 29.8 Å². The number of ether oxygens (including phenoxy) is 2. The summed E-state index contributed by atoms with van der Waals surface area (Å²) in [5.41, 5.74) is 0.426. The second kappa shape index (κ2) is 5.71. The molecule has 0 aliphatic carbocycles. The summed E-state index contributed by atoms with van der Waals surface area (Å²) in [7, 11) is 1.52. The Labute approximate surface area is 110 Å². The normalized spacial score (nSPS) is 21.9. The fraction of sp³-hybridized carbons (Fsp3) is 0.385. The van der Waals surface area contributed by atoms with Crippen LogP contribution in [0.1, 0.15) is 10.4 Å². The Balaban J connectivity index is 2.06. The number of carboxylic acid groups (broad SMARTS) is 1. The van der Waals surface area contributed by atoms with Crippen molar-refractivity contribution in [3.8, 4) is 5.75 Å². The first-order chi connectivity index (χ1) is 9.11. The zero-order chi connectivity index (χ0) is 13.8. The quantitative estimate of drug-likeness (QED) is 0.829. The van der Waals surface area contributed by atoms with Crippen LogP contribution < -0.4 is 10.1 Å². The third-order valence-electron chi connectivity index (χ3n) is 3.05. The minimum atomic E-state index is -0.964. The van der Waals surface area contributed by atoms with E-state index in [1.165, 1.54) is 7.11 Å². The van der Waals surface area contributed by atoms with Gasteiger partial charge in [0.1, 0.15) is 11.7 Å². The molecule has 102 valence electrons. The molecule has 0 aromatic heterocycles. The molecule has 6 heteroatoms. The van der Waals surface area contributed by atoms with Crippen molar-refractivity contribution in [3.63, 3.8) is 0 Å². The highest BCUT2D eigenvalue weighted by molar-refractivity contribution is 5.95. The maximum absolute atomic E-state index is 12.0. The van der Waals surface area contributed by atoms with Crippen LogP contribution in [0.4, 0.5) is 0 Å². The fourth-order valence-electron chi connectivity index (χ4n) is 1.96. The van der Waals surface area contributed by atoms with Crippen LogP contribution in [-0.2, 0) is 9.53 Å². The lowest BCUT2D eigenvalue weighted by Crippen LogP contribution is -2.42. The predicted octanol–water partition coefficient (Wildman–Crippen LogP) is 0.525. The van der Waals surface area contributed by atoms with Gasteiger partial charge in [0, 0.05) is 5.56 Å². The van der Waals surface area contributed by atoms with E-state index in [9.17, 15) is 9.59 Å². The SMILES string of the molecule is COc1cccc(C(=O)NC2COCC2C(=O)O)c1. The molecule has 1 saturated heterocycles. The number of hydrogen-bond acceptors (Lipinski definition) is 4. The highest BCUT2D eigenvalue weighted by Gasteiger charge is 2.35. The lowest BCUT2D eigenvalue weighted by atomic mass is 10.0. The van der Waals surface area contributed by atoms with Crippen LogP contribution in [-0.4, -0.2) is 43.3 Å². The fourth-order valence-corrected chi connectivity index (χ4v) is 1.96. The number of rotatable bonds is 4. The van der Waals surface area contributed by atoms with Crippen LogP contribution in [0.2, 0.25) is 0 Å². The van der Waals surface area contributed by atoms with Crippen molar-refractivity contribution in [2.75, 3.05) is 20.3 Å². The molecule has 1 aromatic rings. The van der Waals surface area contributed by atoms with Crippen molar-refractivity contribution >= 4 is 11.9 Å². The average molecular weight is 265 g/mol. The summed E-state index contributed by atoms with van der Waals surface area (Å²) in [6.07, 6.45) is 0. The van der Waals surface area contributed by atoms with Gasteiger partial charge in [-0.2, -0.15) is 0 Å². The van der Waals surface area contributed by atoms with Crippen LogP contribution in [0, 0.1) is 5.92 Å². The lowest BCUT2D eigenvalue weighted by molar-refractivity contribution is -0.142. The van der Waals surface area contributed by atoms with E-state index in [-0.39, 0.29) is 19.1 Å². The van der Waals surface area contributed by atoms with Crippen molar-refractivity contribution in [1.29, 1.82) is 0 Å². The summed E-state index contributed by atoms with van der Waals surface area (Å²) < 4.78 is 10.1. The van der Waals surface area contributed by atoms with Crippen LogP contribution in [0.5, 0.6) is 5.75 Å². The van der Waals surface area contributed by atoms with Crippen LogP contribution in [0.15, 0.2) is 24.3 Å². The van der Waals surface area contributed by atoms with Gasteiger partial charge in [-0.25, -0.2) is 0 Å². The van der Waals surface area contributed by atoms with E-state index in [1.807, 2.05) is 0 Å². The van der Waals surface area contributed by atoms with E-state index < -0.39 is 17.9 Å². The topological polar surface area (TPSA) is 84.9 Å². The van der Waals surface area contributed by atoms with E-state index >= 15 is 0 Å². The van der Waals surface area contributed by atoms with Gasteiger partial charge in [0.05, 0.1) is 26.4 Å². The van der Waals surface area contributed by atoms with Gasteiger partial charge < -0.3 is 19.9 Å². The third-order valence-corrected chi connectivity index (χ3v) is 3.05. The summed E-state index contributed by atoms with van der Waals surface area (Å²) in [5.74, 6) is -1.42. The van der Waals surface area contributed by atoms with Gasteiger partial charge in [-0.05, 0) is 18.2 Å². The molecule has 6 nitrogen and oxygen atoms in total. The molecule has 1 heterocycles. The summed E-state index contributed by atoms with van der Waals surface area (Å²) in [4.78, 5) is 23.0. The smallest absolute Gasteiger partial charge is 0.311 e. The van der Waals surface area contributed by atoms with Gasteiger partial charge in [0.25, 0.3) is 5.91 Å². The molecule has 2 atom stereocenters. The monoisotopic (exact) mass is 265 g/mol. The Morgan fingerprint density at radius 1 is 1.42 bits per heavy atom. The molecule has 0 radical (unpaired) electrons. The molecule has 1 fully saturated rings. The molecule has 19 heavy (non-hydrogen) atoms. The van der Waals surface area contributed by atoms with E-state index in [1.54, 1.807) is 24.3 Å². The van der Waals surface area contributed by atoms with Gasteiger partial charge in [-0.1, -0.05) is 6.07 Å². The Morgan fingerprint density at radius 3 is 2.89 bits per heavy atom. The Kier molecular flexibility index (Phi) is 4.01. The number of carboxylic acids is 1. The molecule has 1 amide bonds. The lowest BCUT2D eigenvalue weighted by Gasteiger charge is -2.15. The Morgan fingerprint density at radius 2 is 2.21 bits per heavy atom. The number of hydrogen-bond donors (Lipinski definition) is 2. The van der Waals surface area contributed by atoms with Crippen LogP contribution in [0.3, 0.4) is 0 Å². The van der Waals surface area contributed by atoms with Gasteiger partial charge in [0.15, 0.2) is 0 Å². The van der Waals surface area contributed by atoms with Gasteiger partial charge >= 0.3 is 5.97 Å². The number of benzene rings is 1. The minimum absolute atomic E-state index is 0.123.